The minimum atomic E-state index is -4.57. The van der Waals surface area contributed by atoms with Crippen LogP contribution < -0.4 is 19.9 Å². The second kappa shape index (κ2) is 22.3. The zero-order valence-electron chi connectivity index (χ0n) is 39.0. The van der Waals surface area contributed by atoms with E-state index in [4.69, 9.17) is 4.74 Å². The van der Waals surface area contributed by atoms with E-state index in [9.17, 15) is 56.7 Å². The van der Waals surface area contributed by atoms with E-state index in [2.05, 4.69) is 11.9 Å². The number of allylic oxidation sites excluding steroid dienone is 6. The zero-order valence-corrected chi connectivity index (χ0v) is 42.3. The van der Waals surface area contributed by atoms with Crippen molar-refractivity contribution in [3.05, 3.63) is 136 Å². The molecule has 1 atom stereocenters. The molecule has 2 heterocycles. The van der Waals surface area contributed by atoms with Gasteiger partial charge in [-0.15, -0.1) is 0 Å². The average Bonchev–Trinajstić information content (AvgIpc) is 3.58. The molecular formula is C48H60KN3O14S4. The number of rotatable bonds is 19. The predicted molar refractivity (Wildman–Crippen MR) is 271 cm³/mol. The Morgan fingerprint density at radius 2 is 1.36 bits per heavy atom. The van der Waals surface area contributed by atoms with E-state index < -0.39 is 68.9 Å². The first-order valence-corrected chi connectivity index (χ1v) is 28.3. The summed E-state index contributed by atoms with van der Waals surface area (Å²) in [6, 6.07) is 15.4. The van der Waals surface area contributed by atoms with Gasteiger partial charge in [0.2, 0.25) is 5.91 Å². The number of hydrogen-bond donors (Lipinski definition) is 5. The van der Waals surface area contributed by atoms with Gasteiger partial charge in [0.05, 0.1) is 27.3 Å². The average molecular weight is 1070 g/mol. The van der Waals surface area contributed by atoms with Gasteiger partial charge in [-0.1, -0.05) is 64.6 Å². The maximum atomic E-state index is 12.3. The molecule has 0 bridgehead atoms. The fourth-order valence-corrected chi connectivity index (χ4v) is 11.2. The first-order valence-electron chi connectivity index (χ1n) is 22.2. The molecule has 3 aromatic rings. The Morgan fingerprint density at radius 3 is 1.93 bits per heavy atom. The first kappa shape index (κ1) is 57.4. The van der Waals surface area contributed by atoms with Gasteiger partial charge in [-0.25, -0.2) is 0 Å². The van der Waals surface area contributed by atoms with Crippen LogP contribution in [0.1, 0.15) is 83.4 Å². The quantitative estimate of drug-likeness (QED) is 0.0489. The van der Waals surface area contributed by atoms with Crippen molar-refractivity contribution in [3.8, 4) is 5.75 Å². The Labute approximate surface area is 454 Å². The van der Waals surface area contributed by atoms with Gasteiger partial charge in [-0.3, -0.25) is 23.0 Å². The molecule has 0 radical (unpaired) electrons. The van der Waals surface area contributed by atoms with Crippen LogP contribution in [0.3, 0.4) is 0 Å². The van der Waals surface area contributed by atoms with E-state index in [-0.39, 0.29) is 93.0 Å². The third kappa shape index (κ3) is 14.0. The van der Waals surface area contributed by atoms with Gasteiger partial charge in [0.1, 0.15) is 11.5 Å². The predicted octanol–water partition coefficient (Wildman–Crippen LogP) is 6.47. The van der Waals surface area contributed by atoms with E-state index in [1.165, 1.54) is 24.3 Å². The summed E-state index contributed by atoms with van der Waals surface area (Å²) < 4.78 is 142. The van der Waals surface area contributed by atoms with Crippen molar-refractivity contribution in [1.29, 1.82) is 0 Å². The summed E-state index contributed by atoms with van der Waals surface area (Å²) in [5, 5.41) is 2.82. The Balaban J connectivity index is 0.00000913. The number of nitrogens with zero attached hydrogens (tertiary/aromatic N) is 2. The van der Waals surface area contributed by atoms with Gasteiger partial charge in [0.25, 0.3) is 40.5 Å². The van der Waals surface area contributed by atoms with Crippen molar-refractivity contribution in [1.82, 2.24) is 5.32 Å². The van der Waals surface area contributed by atoms with Crippen LogP contribution in [0.25, 0.3) is 0 Å². The van der Waals surface area contributed by atoms with Crippen LogP contribution in [0, 0.1) is 0 Å². The molecule has 17 nitrogen and oxygen atoms in total. The summed E-state index contributed by atoms with van der Waals surface area (Å²) in [5.41, 5.74) is 4.31. The third-order valence-electron chi connectivity index (χ3n) is 12.7. The number of hydrogen-bond acceptors (Lipinski definition) is 12. The zero-order chi connectivity index (χ0) is 50.9. The van der Waals surface area contributed by atoms with Gasteiger partial charge in [0.15, 0.2) is 0 Å². The van der Waals surface area contributed by atoms with Crippen LogP contribution in [0.15, 0.2) is 130 Å². The molecule has 1 unspecified atom stereocenters. The standard InChI is InChI=1S/C48H59N3O14S4.K.H/c1-32(2)46(52)49-25-24-33-12-16-36(17-13-33)65-45-34(14-22-43-47(3,4)39-30-37(68(59,60)61)18-20-41(39)50(43)26-8-28-66(53,54)55)10-7-11-35(45)15-23-44-48(5,6)40-31-38(69(62,63)64)19-21-42(40)51(44)27-9-29-67(56,57)58;;/h12-23,30-31,43H,1,7-11,24-29H2,2-6H3,(H,49,52)(H,53,54,55)(H,56,57,58)(H,59,60,61)(H,62,63,64);;. The maximum absolute atomic E-state index is 12.3. The monoisotopic (exact) mass is 1070 g/mol. The number of anilines is 2. The molecule has 3 aliphatic rings. The Hall–Kier alpha value is -3.49. The number of ether oxygens (including phenoxy) is 1. The summed E-state index contributed by atoms with van der Waals surface area (Å²) in [5.74, 6) is -0.234. The molecule has 5 N–H and O–H groups in total. The van der Waals surface area contributed by atoms with Gasteiger partial charge >= 0.3 is 51.4 Å². The van der Waals surface area contributed by atoms with Gasteiger partial charge < -0.3 is 19.9 Å². The van der Waals surface area contributed by atoms with Crippen LogP contribution in [0.5, 0.6) is 5.75 Å². The van der Waals surface area contributed by atoms with E-state index in [0.29, 0.717) is 77.5 Å². The molecule has 0 spiro atoms. The number of fused-ring (bicyclic) bond motifs is 2. The molecule has 0 aromatic heterocycles. The van der Waals surface area contributed by atoms with Crippen LogP contribution in [0.2, 0.25) is 0 Å². The van der Waals surface area contributed by atoms with Crippen molar-refractivity contribution in [2.24, 2.45) is 0 Å². The number of carbonyl (C=O) groups excluding carboxylic acids is 1. The first-order chi connectivity index (χ1) is 32.0. The van der Waals surface area contributed by atoms with Crippen LogP contribution >= 0.6 is 0 Å². The third-order valence-corrected chi connectivity index (χ3v) is 16.0. The van der Waals surface area contributed by atoms with Crippen LogP contribution in [-0.2, 0) is 62.5 Å². The van der Waals surface area contributed by atoms with Gasteiger partial charge in [0, 0.05) is 53.1 Å². The topological polar surface area (TPSA) is 262 Å². The van der Waals surface area contributed by atoms with E-state index in [1.54, 1.807) is 19.1 Å². The second-order valence-electron chi connectivity index (χ2n) is 18.6. The summed E-state index contributed by atoms with van der Waals surface area (Å²) in [6.07, 6.45) is 10.1. The van der Waals surface area contributed by atoms with E-state index >= 15 is 0 Å². The summed E-state index contributed by atoms with van der Waals surface area (Å²) in [6.45, 7) is 13.6. The van der Waals surface area contributed by atoms with E-state index in [0.717, 1.165) is 16.7 Å². The summed E-state index contributed by atoms with van der Waals surface area (Å²) in [4.78, 5) is 15.3. The molecular weight excluding hydrogens is 1010 g/mol. The Kier molecular flexibility index (Phi) is 18.3. The molecule has 70 heavy (non-hydrogen) atoms. The molecule has 22 heteroatoms. The number of amides is 1. The van der Waals surface area contributed by atoms with Gasteiger partial charge in [-0.05, 0) is 128 Å². The van der Waals surface area contributed by atoms with Crippen molar-refractivity contribution < 1.29 is 61.4 Å². The van der Waals surface area contributed by atoms with Crippen LogP contribution in [0.4, 0.5) is 11.4 Å². The normalized spacial score (nSPS) is 19.1. The van der Waals surface area contributed by atoms with Crippen molar-refractivity contribution in [2.75, 3.05) is 40.9 Å². The Morgan fingerprint density at radius 1 is 0.786 bits per heavy atom. The number of nitrogens with one attached hydrogen (secondary N) is 1. The van der Waals surface area contributed by atoms with Crippen molar-refractivity contribution in [3.63, 3.8) is 0 Å². The molecule has 0 saturated heterocycles. The summed E-state index contributed by atoms with van der Waals surface area (Å²) in [7, 11) is -17.7. The molecule has 3 aromatic carbocycles. The molecule has 2 aliphatic heterocycles. The molecule has 1 aliphatic carbocycles. The Bertz CT molecular complexity index is 3110. The van der Waals surface area contributed by atoms with E-state index in [1.807, 2.05) is 86.1 Å². The molecule has 0 saturated carbocycles. The van der Waals surface area contributed by atoms with Crippen molar-refractivity contribution >= 4 is 109 Å². The number of carbonyl (C=O) groups is 1. The van der Waals surface area contributed by atoms with Crippen LogP contribution in [-0.4, -0.2) is 146 Å². The summed E-state index contributed by atoms with van der Waals surface area (Å²) >= 11 is 0. The molecule has 0 fully saturated rings. The van der Waals surface area contributed by atoms with Gasteiger partial charge in [-0.2, -0.15) is 33.7 Å². The molecule has 1 amide bonds. The second-order valence-corrected chi connectivity index (χ2v) is 24.6. The SMILES string of the molecule is C=C(C)C(=O)NCCc1ccc(OC2=C(C=CC3N(CCCS(=O)(=O)O)c4ccc(S(=O)(=O)O)cc4C3(C)C)CCCC2=CC=C2N(CCCS(=O)(=O)O)c3ccc(S(=O)(=O)O)cc3C2(C)C)cc1.[KH]. The van der Waals surface area contributed by atoms with Crippen molar-refractivity contribution in [2.45, 2.75) is 99.8 Å². The molecule has 6 rings (SSSR count). The fourth-order valence-electron chi connectivity index (χ4n) is 9.17. The molecule has 376 valence electrons. The number of benzene rings is 3. The fraction of sp³-hybridized carbons (Fsp3) is 0.396. The minimum absolute atomic E-state index is 0.